The lowest BCUT2D eigenvalue weighted by Crippen LogP contribution is -2.45. The summed E-state index contributed by atoms with van der Waals surface area (Å²) in [4.78, 5) is 10.9. The van der Waals surface area contributed by atoms with E-state index >= 15 is 0 Å². The summed E-state index contributed by atoms with van der Waals surface area (Å²) in [6, 6.07) is 0. The van der Waals surface area contributed by atoms with Gasteiger partial charge in [-0.3, -0.25) is 4.90 Å². The number of anilines is 1. The number of hydrogen-bond acceptors (Lipinski definition) is 5. The van der Waals surface area contributed by atoms with Crippen LogP contribution in [-0.4, -0.2) is 48.8 Å². The Balaban J connectivity index is 1.57. The molecule has 2 atom stereocenters. The number of thiazole rings is 1. The number of rotatable bonds is 5. The topological polar surface area (TPSA) is 28.6 Å². The number of piperidine rings is 1. The third kappa shape index (κ3) is 3.58. The van der Waals surface area contributed by atoms with E-state index in [4.69, 9.17) is 4.74 Å². The van der Waals surface area contributed by atoms with Crippen LogP contribution in [0.3, 0.4) is 0 Å². The van der Waals surface area contributed by atoms with Crippen LogP contribution in [0.15, 0.2) is 6.20 Å². The first kappa shape index (κ1) is 15.3. The highest BCUT2D eigenvalue weighted by Gasteiger charge is 2.32. The highest BCUT2D eigenvalue weighted by molar-refractivity contribution is 7.15. The molecule has 0 radical (unpaired) electrons. The van der Waals surface area contributed by atoms with E-state index in [1.54, 1.807) is 0 Å². The molecule has 1 aromatic rings. The summed E-state index contributed by atoms with van der Waals surface area (Å²) in [5.41, 5.74) is 0. The van der Waals surface area contributed by atoms with E-state index in [0.717, 1.165) is 32.2 Å². The van der Waals surface area contributed by atoms with Crippen LogP contribution in [0, 0.1) is 5.92 Å². The number of aromatic nitrogens is 1. The van der Waals surface area contributed by atoms with Crippen molar-refractivity contribution in [3.05, 3.63) is 11.1 Å². The third-order valence-electron chi connectivity index (χ3n) is 4.75. The average molecular weight is 309 g/mol. The van der Waals surface area contributed by atoms with Crippen LogP contribution >= 0.6 is 11.3 Å². The molecular weight excluding hydrogens is 282 g/mol. The van der Waals surface area contributed by atoms with Gasteiger partial charge in [0.25, 0.3) is 0 Å². The summed E-state index contributed by atoms with van der Waals surface area (Å²) in [7, 11) is 0. The van der Waals surface area contributed by atoms with Crippen LogP contribution < -0.4 is 4.90 Å². The highest BCUT2D eigenvalue weighted by Crippen LogP contribution is 2.30. The molecule has 1 aromatic heterocycles. The van der Waals surface area contributed by atoms with Gasteiger partial charge < -0.3 is 9.64 Å². The van der Waals surface area contributed by atoms with Crippen molar-refractivity contribution in [1.29, 1.82) is 0 Å². The van der Waals surface area contributed by atoms with Crippen molar-refractivity contribution in [3.63, 3.8) is 0 Å². The maximum Gasteiger partial charge on any atom is 0.185 e. The highest BCUT2D eigenvalue weighted by atomic mass is 32.1. The molecule has 0 unspecified atom stereocenters. The Morgan fingerprint density at radius 3 is 3.05 bits per heavy atom. The van der Waals surface area contributed by atoms with Gasteiger partial charge in [-0.1, -0.05) is 0 Å². The third-order valence-corrected chi connectivity index (χ3v) is 5.80. The van der Waals surface area contributed by atoms with E-state index < -0.39 is 0 Å². The standard InChI is InChI=1S/C16H27N3OS/c1-3-19(4-2)16-17-10-14(21-16)12-18-8-7-15-13(11-18)6-5-9-20-15/h10,13,15H,3-9,11-12H2,1-2H3/t13-,15+/m0/s1. The van der Waals surface area contributed by atoms with E-state index in [1.165, 1.54) is 42.4 Å². The van der Waals surface area contributed by atoms with Crippen LogP contribution in [0.5, 0.6) is 0 Å². The van der Waals surface area contributed by atoms with Crippen molar-refractivity contribution in [2.45, 2.75) is 45.8 Å². The van der Waals surface area contributed by atoms with Crippen molar-refractivity contribution in [1.82, 2.24) is 9.88 Å². The van der Waals surface area contributed by atoms with Gasteiger partial charge in [0.15, 0.2) is 5.13 Å². The molecule has 0 amide bonds. The summed E-state index contributed by atoms with van der Waals surface area (Å²) in [5.74, 6) is 0.752. The lowest BCUT2D eigenvalue weighted by atomic mass is 9.88. The zero-order valence-electron chi connectivity index (χ0n) is 13.3. The van der Waals surface area contributed by atoms with Gasteiger partial charge in [-0.25, -0.2) is 4.98 Å². The van der Waals surface area contributed by atoms with Gasteiger partial charge in [0.05, 0.1) is 6.10 Å². The molecule has 0 aliphatic carbocycles. The van der Waals surface area contributed by atoms with E-state index in [1.807, 2.05) is 11.3 Å². The fourth-order valence-corrected chi connectivity index (χ4v) is 4.62. The Labute approximate surface area is 132 Å². The largest absolute Gasteiger partial charge is 0.378 e. The second kappa shape index (κ2) is 7.07. The molecule has 2 fully saturated rings. The number of ether oxygens (including phenoxy) is 1. The molecule has 3 heterocycles. The molecule has 2 aliphatic rings. The van der Waals surface area contributed by atoms with Gasteiger partial charge in [-0.15, -0.1) is 11.3 Å². The van der Waals surface area contributed by atoms with Gasteiger partial charge in [0.2, 0.25) is 0 Å². The molecule has 0 spiro atoms. The molecule has 0 saturated carbocycles. The number of hydrogen-bond donors (Lipinski definition) is 0. The van der Waals surface area contributed by atoms with Crippen LogP contribution in [0.25, 0.3) is 0 Å². The second-order valence-electron chi connectivity index (χ2n) is 6.12. The number of fused-ring (bicyclic) bond motifs is 1. The zero-order valence-corrected chi connectivity index (χ0v) is 14.1. The van der Waals surface area contributed by atoms with E-state index in [-0.39, 0.29) is 0 Å². The Bertz CT molecular complexity index is 446. The Kier molecular flexibility index (Phi) is 5.14. The van der Waals surface area contributed by atoms with E-state index in [9.17, 15) is 0 Å². The fraction of sp³-hybridized carbons (Fsp3) is 0.812. The summed E-state index contributed by atoms with van der Waals surface area (Å²) in [6.45, 7) is 10.9. The minimum atomic E-state index is 0.530. The maximum atomic E-state index is 5.90. The second-order valence-corrected chi connectivity index (χ2v) is 7.21. The minimum Gasteiger partial charge on any atom is -0.378 e. The SMILES string of the molecule is CCN(CC)c1ncc(CN2CC[C@H]3OCCC[C@H]3C2)s1. The molecule has 2 aliphatic heterocycles. The average Bonchev–Trinajstić information content (AvgIpc) is 2.97. The smallest absolute Gasteiger partial charge is 0.185 e. The van der Waals surface area contributed by atoms with Crippen molar-refractivity contribution < 1.29 is 4.74 Å². The van der Waals surface area contributed by atoms with Crippen LogP contribution in [0.4, 0.5) is 5.13 Å². The van der Waals surface area contributed by atoms with Gasteiger partial charge >= 0.3 is 0 Å². The van der Waals surface area contributed by atoms with E-state index in [2.05, 4.69) is 34.8 Å². The van der Waals surface area contributed by atoms with Crippen LogP contribution in [0.1, 0.15) is 38.0 Å². The van der Waals surface area contributed by atoms with E-state index in [0.29, 0.717) is 6.10 Å². The van der Waals surface area contributed by atoms with Gasteiger partial charge in [0, 0.05) is 50.4 Å². The van der Waals surface area contributed by atoms with Gasteiger partial charge in [0.1, 0.15) is 0 Å². The molecule has 0 N–H and O–H groups in total. The predicted molar refractivity (Wildman–Crippen MR) is 88.0 cm³/mol. The quantitative estimate of drug-likeness (QED) is 0.836. The van der Waals surface area contributed by atoms with Gasteiger partial charge in [-0.05, 0) is 39.0 Å². The molecule has 2 saturated heterocycles. The lowest BCUT2D eigenvalue weighted by Gasteiger charge is -2.40. The van der Waals surface area contributed by atoms with Crippen molar-refractivity contribution in [3.8, 4) is 0 Å². The maximum absolute atomic E-state index is 5.90. The molecule has 5 heteroatoms. The first-order valence-electron chi connectivity index (χ1n) is 8.33. The van der Waals surface area contributed by atoms with Gasteiger partial charge in [-0.2, -0.15) is 0 Å². The molecule has 118 valence electrons. The first-order valence-corrected chi connectivity index (χ1v) is 9.15. The molecule has 0 bridgehead atoms. The minimum absolute atomic E-state index is 0.530. The lowest BCUT2D eigenvalue weighted by molar-refractivity contribution is -0.0674. The van der Waals surface area contributed by atoms with Crippen LogP contribution in [-0.2, 0) is 11.3 Å². The predicted octanol–water partition coefficient (Wildman–Crippen LogP) is 2.99. The van der Waals surface area contributed by atoms with Crippen molar-refractivity contribution >= 4 is 16.5 Å². The normalized spacial score (nSPS) is 26.6. The Morgan fingerprint density at radius 1 is 1.38 bits per heavy atom. The Morgan fingerprint density at radius 2 is 2.24 bits per heavy atom. The monoisotopic (exact) mass is 309 g/mol. The Hall–Kier alpha value is -0.650. The van der Waals surface area contributed by atoms with Crippen LogP contribution in [0.2, 0.25) is 0 Å². The first-order chi connectivity index (χ1) is 10.3. The molecular formula is C16H27N3OS. The summed E-state index contributed by atoms with van der Waals surface area (Å²) in [5, 5.41) is 1.17. The molecule has 4 nitrogen and oxygen atoms in total. The van der Waals surface area contributed by atoms with Crippen molar-refractivity contribution in [2.75, 3.05) is 37.7 Å². The molecule has 0 aromatic carbocycles. The number of nitrogens with zero attached hydrogens (tertiary/aromatic N) is 3. The molecule has 3 rings (SSSR count). The summed E-state index contributed by atoms with van der Waals surface area (Å²) in [6.07, 6.45) is 6.38. The zero-order chi connectivity index (χ0) is 14.7. The summed E-state index contributed by atoms with van der Waals surface area (Å²) >= 11 is 1.86. The molecule has 21 heavy (non-hydrogen) atoms. The fourth-order valence-electron chi connectivity index (χ4n) is 3.54. The summed E-state index contributed by atoms with van der Waals surface area (Å²) < 4.78 is 5.90. The van der Waals surface area contributed by atoms with Crippen molar-refractivity contribution in [2.24, 2.45) is 5.92 Å². The number of likely N-dealkylation sites (tertiary alicyclic amines) is 1.